The van der Waals surface area contributed by atoms with Crippen LogP contribution >= 0.6 is 11.3 Å². The fourth-order valence-corrected chi connectivity index (χ4v) is 2.32. The van der Waals surface area contributed by atoms with Crippen molar-refractivity contribution in [3.05, 3.63) is 11.1 Å². The second-order valence-electron chi connectivity index (χ2n) is 3.60. The van der Waals surface area contributed by atoms with Gasteiger partial charge in [0.15, 0.2) is 0 Å². The predicted octanol–water partition coefficient (Wildman–Crippen LogP) is 0.685. The first kappa shape index (κ1) is 9.89. The van der Waals surface area contributed by atoms with Crippen molar-refractivity contribution in [2.75, 3.05) is 20.1 Å². The average Bonchev–Trinajstić information content (AvgIpc) is 2.76. The van der Waals surface area contributed by atoms with Gasteiger partial charge in [-0.25, -0.2) is 4.98 Å². The van der Waals surface area contributed by atoms with E-state index in [1.54, 1.807) is 0 Å². The van der Waals surface area contributed by atoms with Gasteiger partial charge >= 0.3 is 0 Å². The molecule has 1 saturated heterocycles. The van der Waals surface area contributed by atoms with Crippen LogP contribution in [0.1, 0.15) is 12.1 Å². The molecule has 1 aromatic rings. The van der Waals surface area contributed by atoms with Crippen LogP contribution in [0.3, 0.4) is 0 Å². The van der Waals surface area contributed by atoms with Crippen molar-refractivity contribution in [1.29, 1.82) is 0 Å². The zero-order valence-corrected chi connectivity index (χ0v) is 9.09. The van der Waals surface area contributed by atoms with Crippen molar-refractivity contribution in [3.8, 4) is 5.19 Å². The van der Waals surface area contributed by atoms with Gasteiger partial charge in [-0.05, 0) is 13.5 Å². The number of rotatable bonds is 3. The second kappa shape index (κ2) is 4.25. The molecule has 1 fully saturated rings. The lowest BCUT2D eigenvalue weighted by atomic mass is 10.3. The molecular formula is C9H15N3OS. The highest BCUT2D eigenvalue weighted by Gasteiger charge is 2.21. The standard InChI is InChI=1S/C9H15N3OS/c1-12-3-2-8(5-12)13-9-11-7(4-10)6-14-9/h6,8H,2-5,10H2,1H3. The molecule has 14 heavy (non-hydrogen) atoms. The lowest BCUT2D eigenvalue weighted by Crippen LogP contribution is -2.21. The third-order valence-corrected chi connectivity index (χ3v) is 3.13. The molecule has 0 radical (unpaired) electrons. The van der Waals surface area contributed by atoms with E-state index in [4.69, 9.17) is 10.5 Å². The van der Waals surface area contributed by atoms with E-state index in [1.807, 2.05) is 5.38 Å². The maximum atomic E-state index is 5.74. The summed E-state index contributed by atoms with van der Waals surface area (Å²) in [5, 5.41) is 2.71. The first-order chi connectivity index (χ1) is 6.78. The van der Waals surface area contributed by atoms with Crippen molar-refractivity contribution in [1.82, 2.24) is 9.88 Å². The van der Waals surface area contributed by atoms with Crippen molar-refractivity contribution in [2.45, 2.75) is 19.1 Å². The van der Waals surface area contributed by atoms with Gasteiger partial charge in [0.1, 0.15) is 6.10 Å². The van der Waals surface area contributed by atoms with Gasteiger partial charge in [-0.15, -0.1) is 0 Å². The SMILES string of the molecule is CN1CCC(Oc2nc(CN)cs2)C1. The Hall–Kier alpha value is -0.650. The van der Waals surface area contributed by atoms with Crippen molar-refractivity contribution in [2.24, 2.45) is 5.73 Å². The third-order valence-electron chi connectivity index (χ3n) is 2.36. The molecule has 78 valence electrons. The Morgan fingerprint density at radius 1 is 1.79 bits per heavy atom. The summed E-state index contributed by atoms with van der Waals surface area (Å²) in [4.78, 5) is 6.54. The highest BCUT2D eigenvalue weighted by atomic mass is 32.1. The van der Waals surface area contributed by atoms with E-state index in [0.717, 1.165) is 30.4 Å². The van der Waals surface area contributed by atoms with E-state index in [9.17, 15) is 0 Å². The summed E-state index contributed by atoms with van der Waals surface area (Å²) >= 11 is 1.53. The van der Waals surface area contributed by atoms with Crippen LogP contribution in [0.4, 0.5) is 0 Å². The normalized spacial score (nSPS) is 22.9. The molecule has 0 amide bonds. The van der Waals surface area contributed by atoms with Crippen LogP contribution in [0.25, 0.3) is 0 Å². The Kier molecular flexibility index (Phi) is 3.00. The van der Waals surface area contributed by atoms with Crippen LogP contribution in [0.2, 0.25) is 0 Å². The minimum atomic E-state index is 0.303. The minimum absolute atomic E-state index is 0.303. The molecular weight excluding hydrogens is 198 g/mol. The first-order valence-electron chi connectivity index (χ1n) is 4.77. The number of aromatic nitrogens is 1. The van der Waals surface area contributed by atoms with Gasteiger partial charge in [0.2, 0.25) is 0 Å². The topological polar surface area (TPSA) is 51.4 Å². The summed E-state index contributed by atoms with van der Waals surface area (Å²) in [5.74, 6) is 0. The largest absolute Gasteiger partial charge is 0.465 e. The van der Waals surface area contributed by atoms with E-state index in [1.165, 1.54) is 11.3 Å². The van der Waals surface area contributed by atoms with Crippen LogP contribution in [0.5, 0.6) is 5.19 Å². The number of hydrogen-bond acceptors (Lipinski definition) is 5. The smallest absolute Gasteiger partial charge is 0.273 e. The lowest BCUT2D eigenvalue weighted by Gasteiger charge is -2.10. The van der Waals surface area contributed by atoms with Gasteiger partial charge in [0.05, 0.1) is 5.69 Å². The summed E-state index contributed by atoms with van der Waals surface area (Å²) in [6, 6.07) is 0. The molecule has 2 N–H and O–H groups in total. The van der Waals surface area contributed by atoms with E-state index < -0.39 is 0 Å². The molecule has 0 aliphatic carbocycles. The number of thiazole rings is 1. The van der Waals surface area contributed by atoms with E-state index in [2.05, 4.69) is 16.9 Å². The number of nitrogens with zero attached hydrogens (tertiary/aromatic N) is 2. The molecule has 1 aliphatic heterocycles. The molecule has 5 heteroatoms. The van der Waals surface area contributed by atoms with Crippen molar-refractivity contribution in [3.63, 3.8) is 0 Å². The highest BCUT2D eigenvalue weighted by molar-refractivity contribution is 7.11. The Bertz CT molecular complexity index is 302. The number of ether oxygens (including phenoxy) is 1. The summed E-state index contributed by atoms with van der Waals surface area (Å²) in [6.45, 7) is 2.60. The number of hydrogen-bond donors (Lipinski definition) is 1. The Labute approximate surface area is 87.7 Å². The molecule has 0 aromatic carbocycles. The maximum Gasteiger partial charge on any atom is 0.273 e. The van der Waals surface area contributed by atoms with E-state index in [-0.39, 0.29) is 0 Å². The summed E-state index contributed by atoms with van der Waals surface area (Å²) < 4.78 is 5.74. The Morgan fingerprint density at radius 3 is 3.21 bits per heavy atom. The molecule has 0 bridgehead atoms. The average molecular weight is 213 g/mol. The van der Waals surface area contributed by atoms with Crippen LogP contribution < -0.4 is 10.5 Å². The zero-order valence-electron chi connectivity index (χ0n) is 8.27. The van der Waals surface area contributed by atoms with Crippen LogP contribution in [0, 0.1) is 0 Å². The van der Waals surface area contributed by atoms with Crippen molar-refractivity contribution < 1.29 is 4.74 Å². The monoisotopic (exact) mass is 213 g/mol. The molecule has 0 spiro atoms. The van der Waals surface area contributed by atoms with Gasteiger partial charge in [-0.2, -0.15) is 0 Å². The number of likely N-dealkylation sites (N-methyl/N-ethyl adjacent to an activating group) is 1. The van der Waals surface area contributed by atoms with Crippen molar-refractivity contribution >= 4 is 11.3 Å². The van der Waals surface area contributed by atoms with E-state index in [0.29, 0.717) is 12.6 Å². The lowest BCUT2D eigenvalue weighted by molar-refractivity contribution is 0.207. The minimum Gasteiger partial charge on any atom is -0.465 e. The van der Waals surface area contributed by atoms with Gasteiger partial charge in [-0.3, -0.25) is 0 Å². The fourth-order valence-electron chi connectivity index (χ4n) is 1.57. The van der Waals surface area contributed by atoms with Gasteiger partial charge in [0.25, 0.3) is 5.19 Å². The number of nitrogens with two attached hydrogens (primary N) is 1. The summed E-state index contributed by atoms with van der Waals surface area (Å²) in [5.41, 5.74) is 6.39. The quantitative estimate of drug-likeness (QED) is 0.802. The summed E-state index contributed by atoms with van der Waals surface area (Å²) in [6.07, 6.45) is 1.39. The van der Waals surface area contributed by atoms with Crippen LogP contribution in [-0.2, 0) is 6.54 Å². The molecule has 2 rings (SSSR count). The van der Waals surface area contributed by atoms with Gasteiger partial charge < -0.3 is 15.4 Å². The molecule has 4 nitrogen and oxygen atoms in total. The first-order valence-corrected chi connectivity index (χ1v) is 5.65. The van der Waals surface area contributed by atoms with Crippen LogP contribution in [-0.4, -0.2) is 36.1 Å². The second-order valence-corrected chi connectivity index (χ2v) is 4.42. The Morgan fingerprint density at radius 2 is 2.64 bits per heavy atom. The molecule has 1 aromatic heterocycles. The maximum absolute atomic E-state index is 5.74. The highest BCUT2D eigenvalue weighted by Crippen LogP contribution is 2.21. The van der Waals surface area contributed by atoms with E-state index >= 15 is 0 Å². The fraction of sp³-hybridized carbons (Fsp3) is 0.667. The molecule has 0 saturated carbocycles. The molecule has 1 atom stereocenters. The zero-order chi connectivity index (χ0) is 9.97. The molecule has 2 heterocycles. The third kappa shape index (κ3) is 2.23. The number of likely N-dealkylation sites (tertiary alicyclic amines) is 1. The molecule has 1 unspecified atom stereocenters. The van der Waals surface area contributed by atoms with Crippen LogP contribution in [0.15, 0.2) is 5.38 Å². The van der Waals surface area contributed by atoms with Gasteiger partial charge in [-0.1, -0.05) is 11.3 Å². The summed E-state index contributed by atoms with van der Waals surface area (Å²) in [7, 11) is 2.11. The Balaban J connectivity index is 1.90. The van der Waals surface area contributed by atoms with Gasteiger partial charge in [0, 0.05) is 25.0 Å². The predicted molar refractivity (Wildman–Crippen MR) is 56.5 cm³/mol. The molecule has 1 aliphatic rings.